The van der Waals surface area contributed by atoms with Crippen molar-refractivity contribution in [1.82, 2.24) is 19.4 Å². The third kappa shape index (κ3) is 4.08. The number of amides is 4. The molecule has 2 saturated heterocycles. The van der Waals surface area contributed by atoms with Crippen LogP contribution in [0.15, 0.2) is 23.1 Å². The lowest BCUT2D eigenvalue weighted by atomic mass is 9.73. The number of phenolic OH excluding ortho intramolecular Hbond substituents is 1. The Labute approximate surface area is 193 Å². The Bertz CT molecular complexity index is 1080. The van der Waals surface area contributed by atoms with E-state index in [1.54, 1.807) is 13.0 Å². The maximum absolute atomic E-state index is 13.1. The second kappa shape index (κ2) is 8.60. The van der Waals surface area contributed by atoms with Crippen molar-refractivity contribution in [3.05, 3.63) is 23.8 Å². The third-order valence-corrected chi connectivity index (χ3v) is 9.05. The average Bonchev–Trinajstić information content (AvgIpc) is 3.02. The Kier molecular flexibility index (Phi) is 6.12. The van der Waals surface area contributed by atoms with Gasteiger partial charge < -0.3 is 15.3 Å². The van der Waals surface area contributed by atoms with Crippen LogP contribution in [0.25, 0.3) is 0 Å². The van der Waals surface area contributed by atoms with Gasteiger partial charge in [-0.15, -0.1) is 0 Å². The van der Waals surface area contributed by atoms with Crippen LogP contribution < -0.4 is 5.32 Å². The molecular formula is C22H30N4O6S. The summed E-state index contributed by atoms with van der Waals surface area (Å²) in [6.07, 6.45) is 3.29. The van der Waals surface area contributed by atoms with Crippen LogP contribution in [0.2, 0.25) is 0 Å². The fourth-order valence-electron chi connectivity index (χ4n) is 5.02. The molecule has 10 nitrogen and oxygen atoms in total. The molecular weight excluding hydrogens is 448 g/mol. The number of hydrogen-bond acceptors (Lipinski definition) is 6. The fraction of sp³-hybridized carbons (Fsp3) is 0.591. The van der Waals surface area contributed by atoms with Gasteiger partial charge in [0.05, 0.1) is 0 Å². The van der Waals surface area contributed by atoms with E-state index in [1.165, 1.54) is 21.3 Å². The van der Waals surface area contributed by atoms with E-state index >= 15 is 0 Å². The molecule has 3 aliphatic rings. The zero-order valence-corrected chi connectivity index (χ0v) is 19.7. The fourth-order valence-corrected chi connectivity index (χ4v) is 6.61. The molecule has 1 aromatic rings. The monoisotopic (exact) mass is 478 g/mol. The molecule has 0 radical (unpaired) electrons. The first-order chi connectivity index (χ1) is 15.6. The summed E-state index contributed by atoms with van der Waals surface area (Å²) in [5.74, 6) is -1.04. The number of piperazine rings is 1. The van der Waals surface area contributed by atoms with Gasteiger partial charge in [0.1, 0.15) is 22.7 Å². The van der Waals surface area contributed by atoms with Crippen LogP contribution in [-0.2, 0) is 19.6 Å². The standard InChI is InChI=1S/C22H30N4O6S/c1-15-6-7-17(27)18(13-15)33(31,32)25-11-9-24(10-12-25)19(28)14-26-20(29)22(23-21(26)30)8-4-3-5-16(22)2/h6-7,13,16,27H,3-5,8-12,14H2,1-2H3,(H,23,30). The number of aryl methyl sites for hydroxylation is 1. The highest BCUT2D eigenvalue weighted by atomic mass is 32.2. The highest BCUT2D eigenvalue weighted by Crippen LogP contribution is 2.38. The van der Waals surface area contributed by atoms with E-state index in [0.29, 0.717) is 12.0 Å². The van der Waals surface area contributed by atoms with Gasteiger partial charge in [0.15, 0.2) is 0 Å². The predicted molar refractivity (Wildman–Crippen MR) is 119 cm³/mol. The lowest BCUT2D eigenvalue weighted by molar-refractivity contribution is -0.141. The molecule has 2 heterocycles. The molecule has 2 atom stereocenters. The van der Waals surface area contributed by atoms with E-state index in [2.05, 4.69) is 5.32 Å². The van der Waals surface area contributed by atoms with Gasteiger partial charge in [-0.2, -0.15) is 4.31 Å². The highest BCUT2D eigenvalue weighted by Gasteiger charge is 2.55. The third-order valence-electron chi connectivity index (χ3n) is 7.12. The zero-order chi connectivity index (χ0) is 24.0. The maximum atomic E-state index is 13.1. The molecule has 1 saturated carbocycles. The van der Waals surface area contributed by atoms with E-state index in [-0.39, 0.29) is 55.2 Å². The summed E-state index contributed by atoms with van der Waals surface area (Å²) in [5, 5.41) is 12.9. The lowest BCUT2D eigenvalue weighted by Crippen LogP contribution is -2.55. The minimum absolute atomic E-state index is 0.00888. The van der Waals surface area contributed by atoms with Gasteiger partial charge in [-0.05, 0) is 43.4 Å². The minimum Gasteiger partial charge on any atom is -0.507 e. The molecule has 11 heteroatoms. The van der Waals surface area contributed by atoms with Gasteiger partial charge in [-0.3, -0.25) is 14.5 Å². The van der Waals surface area contributed by atoms with Gasteiger partial charge >= 0.3 is 6.03 Å². The summed E-state index contributed by atoms with van der Waals surface area (Å²) in [6.45, 7) is 3.72. The Morgan fingerprint density at radius 1 is 1.18 bits per heavy atom. The minimum atomic E-state index is -3.91. The Balaban J connectivity index is 1.39. The van der Waals surface area contributed by atoms with Crippen molar-refractivity contribution >= 4 is 27.9 Å². The van der Waals surface area contributed by atoms with Crippen molar-refractivity contribution in [3.8, 4) is 5.75 Å². The molecule has 1 aromatic carbocycles. The number of benzene rings is 1. The van der Waals surface area contributed by atoms with E-state index in [9.17, 15) is 27.9 Å². The van der Waals surface area contributed by atoms with Gasteiger partial charge in [0.2, 0.25) is 15.9 Å². The number of phenols is 1. The van der Waals surface area contributed by atoms with Crippen LogP contribution in [0, 0.1) is 12.8 Å². The topological polar surface area (TPSA) is 127 Å². The summed E-state index contributed by atoms with van der Waals surface area (Å²) in [6, 6.07) is 3.85. The van der Waals surface area contributed by atoms with Crippen LogP contribution in [0.1, 0.15) is 38.2 Å². The smallest absolute Gasteiger partial charge is 0.325 e. The Hall–Kier alpha value is -2.66. The molecule has 3 fully saturated rings. The number of imide groups is 1. The molecule has 2 unspecified atom stereocenters. The van der Waals surface area contributed by atoms with E-state index in [4.69, 9.17) is 0 Å². The highest BCUT2D eigenvalue weighted by molar-refractivity contribution is 7.89. The van der Waals surface area contributed by atoms with Crippen LogP contribution in [0.5, 0.6) is 5.75 Å². The van der Waals surface area contributed by atoms with Crippen molar-refractivity contribution in [2.45, 2.75) is 50.0 Å². The number of rotatable bonds is 4. The van der Waals surface area contributed by atoms with Crippen molar-refractivity contribution in [2.75, 3.05) is 32.7 Å². The number of carbonyl (C=O) groups excluding carboxylic acids is 3. The van der Waals surface area contributed by atoms with E-state index in [1.807, 2.05) is 6.92 Å². The van der Waals surface area contributed by atoms with E-state index in [0.717, 1.165) is 24.2 Å². The van der Waals surface area contributed by atoms with Crippen LogP contribution in [-0.4, -0.2) is 83.7 Å². The number of nitrogens with zero attached hydrogens (tertiary/aromatic N) is 3. The summed E-state index contributed by atoms with van der Waals surface area (Å²) in [4.78, 5) is 40.8. The lowest BCUT2D eigenvalue weighted by Gasteiger charge is -2.37. The SMILES string of the molecule is Cc1ccc(O)c(S(=O)(=O)N2CCN(C(=O)CN3C(=O)NC4(CCCCC4C)C3=O)CC2)c1. The molecule has 1 aliphatic carbocycles. The molecule has 2 aliphatic heterocycles. The van der Waals surface area contributed by atoms with Gasteiger partial charge in [0.25, 0.3) is 5.91 Å². The van der Waals surface area contributed by atoms with Crippen molar-refractivity contribution < 1.29 is 27.9 Å². The number of aromatic hydroxyl groups is 1. The predicted octanol–water partition coefficient (Wildman–Crippen LogP) is 1.03. The second-order valence-electron chi connectivity index (χ2n) is 9.20. The van der Waals surface area contributed by atoms with E-state index < -0.39 is 27.5 Å². The van der Waals surface area contributed by atoms with Crippen molar-refractivity contribution in [3.63, 3.8) is 0 Å². The second-order valence-corrected chi connectivity index (χ2v) is 11.1. The van der Waals surface area contributed by atoms with Gasteiger partial charge in [-0.25, -0.2) is 13.2 Å². The first-order valence-electron chi connectivity index (χ1n) is 11.3. The molecule has 1 spiro atoms. The Morgan fingerprint density at radius 2 is 1.88 bits per heavy atom. The number of carbonyl (C=O) groups is 3. The normalized spacial score (nSPS) is 26.7. The first-order valence-corrected chi connectivity index (χ1v) is 12.7. The molecule has 0 bridgehead atoms. The van der Waals surface area contributed by atoms with Gasteiger partial charge in [-0.1, -0.05) is 25.8 Å². The average molecular weight is 479 g/mol. The molecule has 0 aromatic heterocycles. The largest absolute Gasteiger partial charge is 0.507 e. The van der Waals surface area contributed by atoms with Crippen LogP contribution in [0.4, 0.5) is 4.79 Å². The van der Waals surface area contributed by atoms with Crippen LogP contribution in [0.3, 0.4) is 0 Å². The molecule has 4 rings (SSSR count). The zero-order valence-electron chi connectivity index (χ0n) is 18.9. The molecule has 33 heavy (non-hydrogen) atoms. The first kappa shape index (κ1) is 23.5. The van der Waals surface area contributed by atoms with Crippen molar-refractivity contribution in [1.29, 1.82) is 0 Å². The number of nitrogens with one attached hydrogen (secondary N) is 1. The molecule has 180 valence electrons. The summed E-state index contributed by atoms with van der Waals surface area (Å²) in [5.41, 5.74) is -0.211. The number of sulfonamides is 1. The summed E-state index contributed by atoms with van der Waals surface area (Å²) in [7, 11) is -3.91. The van der Waals surface area contributed by atoms with Crippen molar-refractivity contribution in [2.24, 2.45) is 5.92 Å². The number of hydrogen-bond donors (Lipinski definition) is 2. The summed E-state index contributed by atoms with van der Waals surface area (Å²) >= 11 is 0. The quantitative estimate of drug-likeness (QED) is 0.623. The van der Waals surface area contributed by atoms with Gasteiger partial charge in [0, 0.05) is 26.2 Å². The summed E-state index contributed by atoms with van der Waals surface area (Å²) < 4.78 is 27.2. The van der Waals surface area contributed by atoms with Crippen LogP contribution >= 0.6 is 0 Å². The number of urea groups is 1. The Morgan fingerprint density at radius 3 is 2.55 bits per heavy atom. The molecule has 2 N–H and O–H groups in total. The molecule has 4 amide bonds. The maximum Gasteiger partial charge on any atom is 0.325 e.